The van der Waals surface area contributed by atoms with Crippen molar-refractivity contribution < 1.29 is 4.74 Å². The van der Waals surface area contributed by atoms with Crippen LogP contribution in [0.15, 0.2) is 115 Å². The van der Waals surface area contributed by atoms with Crippen molar-refractivity contribution in [3.05, 3.63) is 143 Å². The average Bonchev–Trinajstić information content (AvgIpc) is 3.16. The lowest BCUT2D eigenvalue weighted by atomic mass is 9.64. The summed E-state index contributed by atoms with van der Waals surface area (Å²) in [6, 6.07) is 40.6. The Morgan fingerprint density at radius 1 is 0.485 bits per heavy atom. The molecule has 5 aromatic carbocycles. The summed E-state index contributed by atoms with van der Waals surface area (Å²) < 4.78 is 6.44. The molecule has 0 saturated heterocycles. The first kappa shape index (κ1) is 18.7. The third-order valence-electron chi connectivity index (χ3n) is 7.02. The number of hydrogen-bond acceptors (Lipinski definition) is 1. The van der Waals surface area contributed by atoms with E-state index in [0.717, 1.165) is 22.1 Å². The van der Waals surface area contributed by atoms with Gasteiger partial charge in [-0.1, -0.05) is 103 Å². The van der Waals surface area contributed by atoms with Gasteiger partial charge in [0.2, 0.25) is 0 Å². The Hall–Kier alpha value is -3.81. The van der Waals surface area contributed by atoms with Crippen molar-refractivity contribution in [2.45, 2.75) is 5.41 Å². The summed E-state index contributed by atoms with van der Waals surface area (Å²) in [5.74, 6) is 1.81. The lowest BCUT2D eigenvalue weighted by Gasteiger charge is -2.40. The van der Waals surface area contributed by atoms with Gasteiger partial charge in [0, 0.05) is 16.1 Å². The van der Waals surface area contributed by atoms with Gasteiger partial charge in [0.1, 0.15) is 11.5 Å². The van der Waals surface area contributed by atoms with E-state index in [0.29, 0.717) is 0 Å². The molecule has 0 fully saturated rings. The molecule has 0 unspecified atom stereocenters. The molecular weight excluding hydrogens is 424 g/mol. The van der Waals surface area contributed by atoms with Crippen molar-refractivity contribution in [3.8, 4) is 33.8 Å². The number of rotatable bonds is 1. The van der Waals surface area contributed by atoms with Gasteiger partial charge >= 0.3 is 0 Å². The normalized spacial score (nSPS) is 14.1. The standard InChI is InChI=1S/C31H19ClO/c32-21-18-16-20(17-19-21)22-9-7-10-24-23-8-1-2-11-25(23)31(30(22)24)26-12-3-5-14-28(26)33-29-15-6-4-13-27(29)31/h1-19H. The Balaban J connectivity index is 1.69. The molecule has 0 saturated carbocycles. The zero-order valence-electron chi connectivity index (χ0n) is 17.8. The predicted molar refractivity (Wildman–Crippen MR) is 134 cm³/mol. The zero-order valence-corrected chi connectivity index (χ0v) is 18.5. The van der Waals surface area contributed by atoms with Crippen LogP contribution < -0.4 is 4.74 Å². The quantitative estimate of drug-likeness (QED) is 0.247. The second-order valence-electron chi connectivity index (χ2n) is 8.62. The smallest absolute Gasteiger partial charge is 0.132 e. The summed E-state index contributed by atoms with van der Waals surface area (Å²) in [6.07, 6.45) is 0. The van der Waals surface area contributed by atoms with Gasteiger partial charge in [0.05, 0.1) is 5.41 Å². The van der Waals surface area contributed by atoms with Crippen LogP contribution in [0.5, 0.6) is 11.5 Å². The molecule has 1 nitrogen and oxygen atoms in total. The van der Waals surface area contributed by atoms with Crippen LogP contribution in [0.2, 0.25) is 5.02 Å². The minimum Gasteiger partial charge on any atom is -0.457 e. The van der Waals surface area contributed by atoms with E-state index in [1.165, 1.54) is 38.9 Å². The maximum absolute atomic E-state index is 6.44. The Morgan fingerprint density at radius 3 is 1.73 bits per heavy atom. The summed E-state index contributed by atoms with van der Waals surface area (Å²) in [5, 5.41) is 0.742. The molecule has 0 N–H and O–H groups in total. The fourth-order valence-electron chi connectivity index (χ4n) is 5.78. The molecule has 0 radical (unpaired) electrons. The second kappa shape index (κ2) is 6.84. The van der Waals surface area contributed by atoms with Gasteiger partial charge in [-0.3, -0.25) is 0 Å². The third kappa shape index (κ3) is 2.43. The Kier molecular flexibility index (Phi) is 3.88. The summed E-state index contributed by atoms with van der Waals surface area (Å²) in [5.41, 5.74) is 9.40. The van der Waals surface area contributed by atoms with Gasteiger partial charge in [-0.05, 0) is 57.6 Å². The van der Waals surface area contributed by atoms with Crippen LogP contribution in [-0.4, -0.2) is 0 Å². The fourth-order valence-corrected chi connectivity index (χ4v) is 5.91. The van der Waals surface area contributed by atoms with Gasteiger partial charge in [-0.2, -0.15) is 0 Å². The van der Waals surface area contributed by atoms with Crippen molar-refractivity contribution >= 4 is 11.6 Å². The third-order valence-corrected chi connectivity index (χ3v) is 7.27. The summed E-state index contributed by atoms with van der Waals surface area (Å²) in [7, 11) is 0. The van der Waals surface area contributed by atoms with Gasteiger partial charge in [-0.15, -0.1) is 0 Å². The Morgan fingerprint density at radius 2 is 1.03 bits per heavy atom. The topological polar surface area (TPSA) is 9.23 Å². The van der Waals surface area contributed by atoms with E-state index in [1.54, 1.807) is 0 Å². The van der Waals surface area contributed by atoms with Gasteiger partial charge in [0.25, 0.3) is 0 Å². The van der Waals surface area contributed by atoms with Crippen molar-refractivity contribution in [1.82, 2.24) is 0 Å². The molecule has 33 heavy (non-hydrogen) atoms. The van der Waals surface area contributed by atoms with E-state index >= 15 is 0 Å². The molecule has 0 atom stereocenters. The maximum atomic E-state index is 6.44. The van der Waals surface area contributed by atoms with Crippen LogP contribution >= 0.6 is 11.6 Å². The molecule has 5 aromatic rings. The molecule has 0 amide bonds. The van der Waals surface area contributed by atoms with Crippen molar-refractivity contribution in [2.75, 3.05) is 0 Å². The molecule has 2 aliphatic rings. The van der Waals surface area contributed by atoms with Crippen LogP contribution in [0, 0.1) is 0 Å². The fraction of sp³-hybridized carbons (Fsp3) is 0.0323. The van der Waals surface area contributed by atoms with Crippen molar-refractivity contribution in [2.24, 2.45) is 0 Å². The van der Waals surface area contributed by atoms with E-state index in [2.05, 4.69) is 91.0 Å². The average molecular weight is 443 g/mol. The highest BCUT2D eigenvalue weighted by atomic mass is 35.5. The molecule has 7 rings (SSSR count). The monoisotopic (exact) mass is 442 g/mol. The molecule has 2 heteroatoms. The molecule has 1 heterocycles. The van der Waals surface area contributed by atoms with Crippen molar-refractivity contribution in [1.29, 1.82) is 0 Å². The zero-order chi connectivity index (χ0) is 22.0. The summed E-state index contributed by atoms with van der Waals surface area (Å²) >= 11 is 6.25. The van der Waals surface area contributed by atoms with Crippen molar-refractivity contribution in [3.63, 3.8) is 0 Å². The van der Waals surface area contributed by atoms with E-state index in [9.17, 15) is 0 Å². The molecule has 1 aliphatic carbocycles. The van der Waals surface area contributed by atoms with Crippen LogP contribution in [0.25, 0.3) is 22.3 Å². The minimum atomic E-state index is -0.465. The van der Waals surface area contributed by atoms with E-state index in [-0.39, 0.29) is 0 Å². The highest BCUT2D eigenvalue weighted by Crippen LogP contribution is 2.63. The number of para-hydroxylation sites is 2. The predicted octanol–water partition coefficient (Wildman–Crippen LogP) is 8.48. The molecule has 156 valence electrons. The number of benzene rings is 5. The number of hydrogen-bond donors (Lipinski definition) is 0. The maximum Gasteiger partial charge on any atom is 0.132 e. The Labute approximate surface area is 197 Å². The van der Waals surface area contributed by atoms with E-state index in [4.69, 9.17) is 16.3 Å². The second-order valence-corrected chi connectivity index (χ2v) is 9.06. The van der Waals surface area contributed by atoms with Gasteiger partial charge < -0.3 is 4.74 Å². The molecule has 0 bridgehead atoms. The first-order valence-corrected chi connectivity index (χ1v) is 11.5. The lowest BCUT2D eigenvalue weighted by Crippen LogP contribution is -2.32. The SMILES string of the molecule is Clc1ccc(-c2cccc3c2C2(c4ccccc4Oc4ccccc42)c2ccccc2-3)cc1. The lowest BCUT2D eigenvalue weighted by molar-refractivity contribution is 0.436. The summed E-state index contributed by atoms with van der Waals surface area (Å²) in [4.78, 5) is 0. The number of ether oxygens (including phenoxy) is 1. The van der Waals surface area contributed by atoms with E-state index in [1.807, 2.05) is 24.3 Å². The van der Waals surface area contributed by atoms with Crippen LogP contribution in [0.4, 0.5) is 0 Å². The molecule has 1 spiro atoms. The molecule has 0 aromatic heterocycles. The highest BCUT2D eigenvalue weighted by Gasteiger charge is 2.52. The van der Waals surface area contributed by atoms with E-state index < -0.39 is 5.41 Å². The number of fused-ring (bicyclic) bond motifs is 9. The number of halogens is 1. The van der Waals surface area contributed by atoms with Gasteiger partial charge in [0.15, 0.2) is 0 Å². The van der Waals surface area contributed by atoms with Crippen LogP contribution in [0.3, 0.4) is 0 Å². The first-order chi connectivity index (χ1) is 16.3. The highest BCUT2D eigenvalue weighted by molar-refractivity contribution is 6.30. The summed E-state index contributed by atoms with van der Waals surface area (Å²) in [6.45, 7) is 0. The minimum absolute atomic E-state index is 0.465. The molecule has 1 aliphatic heterocycles. The first-order valence-electron chi connectivity index (χ1n) is 11.1. The van der Waals surface area contributed by atoms with Crippen LogP contribution in [-0.2, 0) is 5.41 Å². The molecular formula is C31H19ClO. The van der Waals surface area contributed by atoms with Gasteiger partial charge in [-0.25, -0.2) is 0 Å². The largest absolute Gasteiger partial charge is 0.457 e. The Bertz CT molecular complexity index is 1500. The van der Waals surface area contributed by atoms with Crippen LogP contribution in [0.1, 0.15) is 22.3 Å².